The molecular formula is C19H29N3O. The van der Waals surface area contributed by atoms with Gasteiger partial charge in [-0.3, -0.25) is 9.69 Å². The summed E-state index contributed by atoms with van der Waals surface area (Å²) in [6.45, 7) is 5.76. The zero-order valence-electron chi connectivity index (χ0n) is 14.0. The van der Waals surface area contributed by atoms with E-state index in [9.17, 15) is 4.79 Å². The van der Waals surface area contributed by atoms with Crippen molar-refractivity contribution in [3.8, 4) is 0 Å². The van der Waals surface area contributed by atoms with Crippen LogP contribution in [0.15, 0.2) is 30.3 Å². The molecule has 2 aliphatic rings. The minimum atomic E-state index is 0.125. The van der Waals surface area contributed by atoms with Crippen molar-refractivity contribution in [1.29, 1.82) is 0 Å². The first-order chi connectivity index (χ1) is 11.3. The maximum Gasteiger partial charge on any atom is 0.225 e. The highest BCUT2D eigenvalue weighted by Crippen LogP contribution is 2.20. The van der Waals surface area contributed by atoms with Crippen molar-refractivity contribution in [2.24, 2.45) is 0 Å². The summed E-state index contributed by atoms with van der Waals surface area (Å²) < 4.78 is 0. The first kappa shape index (κ1) is 16.5. The van der Waals surface area contributed by atoms with Gasteiger partial charge in [0.25, 0.3) is 0 Å². The maximum absolute atomic E-state index is 12.1. The zero-order chi connectivity index (χ0) is 15.9. The number of likely N-dealkylation sites (tertiary alicyclic amines) is 2. The Balaban J connectivity index is 1.42. The van der Waals surface area contributed by atoms with E-state index in [2.05, 4.69) is 15.1 Å². The lowest BCUT2D eigenvalue weighted by Crippen LogP contribution is -2.43. The van der Waals surface area contributed by atoms with Crippen LogP contribution in [0.3, 0.4) is 0 Å². The molecule has 2 aliphatic heterocycles. The third-order valence-electron chi connectivity index (χ3n) is 5.10. The third-order valence-corrected chi connectivity index (χ3v) is 5.10. The van der Waals surface area contributed by atoms with E-state index in [1.54, 1.807) is 0 Å². The quantitative estimate of drug-likeness (QED) is 0.876. The van der Waals surface area contributed by atoms with Gasteiger partial charge in [0.05, 0.1) is 0 Å². The minimum absolute atomic E-state index is 0.125. The Morgan fingerprint density at radius 2 is 1.83 bits per heavy atom. The topological polar surface area (TPSA) is 35.6 Å². The van der Waals surface area contributed by atoms with Crippen LogP contribution in [-0.2, 0) is 4.79 Å². The molecule has 2 fully saturated rings. The van der Waals surface area contributed by atoms with Gasteiger partial charge in [0.2, 0.25) is 5.91 Å². The summed E-state index contributed by atoms with van der Waals surface area (Å²) in [4.78, 5) is 17.3. The van der Waals surface area contributed by atoms with E-state index in [4.69, 9.17) is 0 Å². The normalized spacial score (nSPS) is 23.0. The first-order valence-electron chi connectivity index (χ1n) is 9.12. The van der Waals surface area contributed by atoms with Gasteiger partial charge in [0.1, 0.15) is 0 Å². The molecule has 0 saturated carbocycles. The maximum atomic E-state index is 12.1. The monoisotopic (exact) mass is 315 g/mol. The molecule has 0 aromatic heterocycles. The predicted molar refractivity (Wildman–Crippen MR) is 94.6 cm³/mol. The van der Waals surface area contributed by atoms with Crippen LogP contribution < -0.4 is 5.32 Å². The predicted octanol–water partition coefficient (Wildman–Crippen LogP) is 2.97. The molecule has 3 rings (SSSR count). The number of rotatable bonds is 6. The summed E-state index contributed by atoms with van der Waals surface area (Å²) in [5.74, 6) is 0.125. The number of carbonyl (C=O) groups is 1. The second kappa shape index (κ2) is 8.46. The molecule has 1 amide bonds. The standard InChI is InChI=1S/C19H29N3O/c23-19(20-17-8-3-1-4-9-17)11-15-22-14-7-10-18(22)16-21-12-5-2-6-13-21/h1,3-4,8-9,18H,2,5-7,10-16H2,(H,20,23). The van der Waals surface area contributed by atoms with Crippen molar-refractivity contribution in [3.05, 3.63) is 30.3 Å². The average molecular weight is 315 g/mol. The summed E-state index contributed by atoms with van der Waals surface area (Å²) in [6, 6.07) is 10.4. The largest absolute Gasteiger partial charge is 0.326 e. The number of anilines is 1. The van der Waals surface area contributed by atoms with Gasteiger partial charge in [0.15, 0.2) is 0 Å². The molecule has 0 bridgehead atoms. The van der Waals surface area contributed by atoms with Gasteiger partial charge in [-0.15, -0.1) is 0 Å². The third kappa shape index (κ3) is 5.05. The molecule has 0 spiro atoms. The smallest absolute Gasteiger partial charge is 0.225 e. The summed E-state index contributed by atoms with van der Waals surface area (Å²) in [7, 11) is 0. The fourth-order valence-electron chi connectivity index (χ4n) is 3.83. The highest BCUT2D eigenvalue weighted by Gasteiger charge is 2.27. The number of nitrogens with one attached hydrogen (secondary N) is 1. The van der Waals surface area contributed by atoms with Crippen LogP contribution in [0.2, 0.25) is 0 Å². The van der Waals surface area contributed by atoms with Gasteiger partial charge in [-0.25, -0.2) is 0 Å². The number of benzene rings is 1. The highest BCUT2D eigenvalue weighted by molar-refractivity contribution is 5.90. The van der Waals surface area contributed by atoms with E-state index >= 15 is 0 Å². The number of carbonyl (C=O) groups excluding carboxylic acids is 1. The van der Waals surface area contributed by atoms with Crippen LogP contribution in [0, 0.1) is 0 Å². The van der Waals surface area contributed by atoms with E-state index in [1.807, 2.05) is 30.3 Å². The second-order valence-corrected chi connectivity index (χ2v) is 6.86. The Hall–Kier alpha value is -1.39. The van der Waals surface area contributed by atoms with Crippen molar-refractivity contribution in [2.45, 2.75) is 44.6 Å². The summed E-state index contributed by atoms with van der Waals surface area (Å²) in [6.07, 6.45) is 7.25. The Labute approximate surface area is 139 Å². The van der Waals surface area contributed by atoms with Crippen LogP contribution in [0.1, 0.15) is 38.5 Å². The lowest BCUT2D eigenvalue weighted by atomic mass is 10.1. The van der Waals surface area contributed by atoms with Gasteiger partial charge in [-0.2, -0.15) is 0 Å². The lowest BCUT2D eigenvalue weighted by Gasteiger charge is -2.32. The van der Waals surface area contributed by atoms with Crippen LogP contribution in [-0.4, -0.2) is 54.5 Å². The van der Waals surface area contributed by atoms with Crippen LogP contribution in [0.4, 0.5) is 5.69 Å². The number of hydrogen-bond acceptors (Lipinski definition) is 3. The Bertz CT molecular complexity index is 485. The molecule has 0 aliphatic carbocycles. The molecule has 4 heteroatoms. The van der Waals surface area contributed by atoms with Crippen molar-refractivity contribution < 1.29 is 4.79 Å². The fourth-order valence-corrected chi connectivity index (χ4v) is 3.83. The van der Waals surface area contributed by atoms with E-state index in [1.165, 1.54) is 51.7 Å². The molecule has 23 heavy (non-hydrogen) atoms. The van der Waals surface area contributed by atoms with Crippen molar-refractivity contribution in [1.82, 2.24) is 9.80 Å². The van der Waals surface area contributed by atoms with E-state index < -0.39 is 0 Å². The molecule has 1 N–H and O–H groups in total. The molecule has 2 heterocycles. The highest BCUT2D eigenvalue weighted by atomic mass is 16.1. The number of piperidine rings is 1. The molecule has 1 aromatic rings. The molecule has 1 aromatic carbocycles. The molecule has 1 atom stereocenters. The van der Waals surface area contributed by atoms with Gasteiger partial charge >= 0.3 is 0 Å². The molecular weight excluding hydrogens is 286 g/mol. The SMILES string of the molecule is O=C(CCN1CCCC1CN1CCCCC1)Nc1ccccc1. The summed E-state index contributed by atoms with van der Waals surface area (Å²) in [5, 5.41) is 2.99. The van der Waals surface area contributed by atoms with Crippen LogP contribution in [0.5, 0.6) is 0 Å². The average Bonchev–Trinajstić information content (AvgIpc) is 3.02. The molecule has 126 valence electrons. The second-order valence-electron chi connectivity index (χ2n) is 6.86. The number of hydrogen-bond donors (Lipinski definition) is 1. The van der Waals surface area contributed by atoms with Crippen molar-refractivity contribution in [2.75, 3.05) is 38.0 Å². The molecule has 1 unspecified atom stereocenters. The van der Waals surface area contributed by atoms with E-state index in [-0.39, 0.29) is 5.91 Å². The lowest BCUT2D eigenvalue weighted by molar-refractivity contribution is -0.116. The first-order valence-corrected chi connectivity index (χ1v) is 9.12. The minimum Gasteiger partial charge on any atom is -0.326 e. The van der Waals surface area contributed by atoms with Crippen LogP contribution >= 0.6 is 0 Å². The molecule has 0 radical (unpaired) electrons. The number of nitrogens with zero attached hydrogens (tertiary/aromatic N) is 2. The van der Waals surface area contributed by atoms with E-state index in [0.29, 0.717) is 12.5 Å². The van der Waals surface area contributed by atoms with Gasteiger partial charge in [-0.05, 0) is 57.5 Å². The Morgan fingerprint density at radius 3 is 2.61 bits per heavy atom. The Morgan fingerprint density at radius 1 is 1.04 bits per heavy atom. The van der Waals surface area contributed by atoms with Crippen molar-refractivity contribution >= 4 is 11.6 Å². The zero-order valence-corrected chi connectivity index (χ0v) is 14.0. The van der Waals surface area contributed by atoms with E-state index in [0.717, 1.165) is 18.8 Å². The number of para-hydroxylation sites is 1. The summed E-state index contributed by atoms with van der Waals surface area (Å²) in [5.41, 5.74) is 0.892. The number of amides is 1. The Kier molecular flexibility index (Phi) is 6.06. The van der Waals surface area contributed by atoms with Crippen LogP contribution in [0.25, 0.3) is 0 Å². The van der Waals surface area contributed by atoms with Crippen molar-refractivity contribution in [3.63, 3.8) is 0 Å². The van der Waals surface area contributed by atoms with Gasteiger partial charge < -0.3 is 10.2 Å². The molecule has 4 nitrogen and oxygen atoms in total. The fraction of sp³-hybridized carbons (Fsp3) is 0.632. The molecule has 2 saturated heterocycles. The summed E-state index contributed by atoms with van der Waals surface area (Å²) >= 11 is 0. The van der Waals surface area contributed by atoms with Gasteiger partial charge in [-0.1, -0.05) is 24.6 Å². The van der Waals surface area contributed by atoms with Gasteiger partial charge in [0, 0.05) is 31.2 Å².